The third-order valence-electron chi connectivity index (χ3n) is 5.44. The molecule has 0 saturated carbocycles. The molecule has 5 nitrogen and oxygen atoms in total. The first kappa shape index (κ1) is 18.2. The van der Waals surface area contributed by atoms with E-state index in [1.807, 2.05) is 24.0 Å². The van der Waals surface area contributed by atoms with Gasteiger partial charge in [0.15, 0.2) is 0 Å². The minimum atomic E-state index is 0.156. The Labute approximate surface area is 150 Å². The molecule has 2 aliphatic heterocycles. The van der Waals surface area contributed by atoms with Crippen molar-refractivity contribution in [2.75, 3.05) is 39.3 Å². The highest BCUT2D eigenvalue weighted by molar-refractivity contribution is 5.78. The molecule has 0 bridgehead atoms. The van der Waals surface area contributed by atoms with Crippen molar-refractivity contribution < 1.29 is 14.6 Å². The van der Waals surface area contributed by atoms with E-state index in [-0.39, 0.29) is 12.0 Å². The molecule has 0 radical (unpaired) electrons. The molecular formula is C20H30N2O3. The molecule has 5 heteroatoms. The van der Waals surface area contributed by atoms with E-state index in [0.29, 0.717) is 18.9 Å². The fourth-order valence-corrected chi connectivity index (χ4v) is 3.80. The van der Waals surface area contributed by atoms with Gasteiger partial charge in [0.25, 0.3) is 0 Å². The lowest BCUT2D eigenvalue weighted by Gasteiger charge is -2.35. The van der Waals surface area contributed by atoms with E-state index in [9.17, 15) is 9.90 Å². The maximum absolute atomic E-state index is 12.4. The number of morpholine rings is 1. The van der Waals surface area contributed by atoms with Gasteiger partial charge in [0.05, 0.1) is 19.3 Å². The zero-order valence-corrected chi connectivity index (χ0v) is 15.2. The van der Waals surface area contributed by atoms with Gasteiger partial charge in [-0.1, -0.05) is 12.1 Å². The van der Waals surface area contributed by atoms with Crippen LogP contribution in [0.15, 0.2) is 24.3 Å². The molecule has 0 aromatic heterocycles. The highest BCUT2D eigenvalue weighted by Crippen LogP contribution is 2.23. The Hall–Kier alpha value is -1.59. The number of aromatic hydroxyl groups is 1. The lowest BCUT2D eigenvalue weighted by atomic mass is 9.90. The molecular weight excluding hydrogens is 316 g/mol. The molecule has 1 atom stereocenters. The Bertz CT molecular complexity index is 553. The molecule has 1 amide bonds. The van der Waals surface area contributed by atoms with Gasteiger partial charge >= 0.3 is 0 Å². The molecule has 2 fully saturated rings. The molecule has 1 N–H and O–H groups in total. The summed E-state index contributed by atoms with van der Waals surface area (Å²) in [4.78, 5) is 16.7. The van der Waals surface area contributed by atoms with Crippen LogP contribution in [0.25, 0.3) is 0 Å². The summed E-state index contributed by atoms with van der Waals surface area (Å²) in [7, 11) is 0. The number of piperidine rings is 1. The highest BCUT2D eigenvalue weighted by Gasteiger charge is 2.25. The molecule has 3 rings (SSSR count). The quantitative estimate of drug-likeness (QED) is 0.889. The molecule has 0 aliphatic carbocycles. The summed E-state index contributed by atoms with van der Waals surface area (Å²) in [6, 6.07) is 7.53. The van der Waals surface area contributed by atoms with Crippen molar-refractivity contribution in [3.8, 4) is 5.75 Å². The average molecular weight is 346 g/mol. The fraction of sp³-hybridized carbons (Fsp3) is 0.650. The molecule has 0 spiro atoms. The number of benzene rings is 1. The predicted octanol–water partition coefficient (Wildman–Crippen LogP) is 2.28. The standard InChI is InChI=1S/C20H30N2O3/c1-16-14-22(12-13-25-16)20(24)15-21-10-8-18(9-11-21)3-2-17-4-6-19(23)7-5-17/h4-7,16,18,23H,2-3,8-15H2,1H3/t16-/m1/s1. The predicted molar refractivity (Wildman–Crippen MR) is 97.6 cm³/mol. The summed E-state index contributed by atoms with van der Waals surface area (Å²) in [6.07, 6.45) is 4.75. The van der Waals surface area contributed by atoms with Crippen LogP contribution in [0.3, 0.4) is 0 Å². The van der Waals surface area contributed by atoms with Crippen LogP contribution in [0.4, 0.5) is 0 Å². The van der Waals surface area contributed by atoms with Crippen molar-refractivity contribution in [3.05, 3.63) is 29.8 Å². The highest BCUT2D eigenvalue weighted by atomic mass is 16.5. The maximum atomic E-state index is 12.4. The number of phenolic OH excluding ortho intramolecular Hbond substituents is 1. The first-order chi connectivity index (χ1) is 12.1. The fourth-order valence-electron chi connectivity index (χ4n) is 3.80. The smallest absolute Gasteiger partial charge is 0.236 e. The van der Waals surface area contributed by atoms with Crippen LogP contribution in [-0.4, -0.2) is 66.2 Å². The number of rotatable bonds is 5. The van der Waals surface area contributed by atoms with Crippen molar-refractivity contribution in [2.45, 2.75) is 38.7 Å². The Morgan fingerprint density at radius 1 is 1.20 bits per heavy atom. The van der Waals surface area contributed by atoms with E-state index in [2.05, 4.69) is 4.90 Å². The van der Waals surface area contributed by atoms with E-state index in [1.165, 1.54) is 24.8 Å². The summed E-state index contributed by atoms with van der Waals surface area (Å²) >= 11 is 0. The monoisotopic (exact) mass is 346 g/mol. The van der Waals surface area contributed by atoms with E-state index >= 15 is 0 Å². The second-order valence-corrected chi connectivity index (χ2v) is 7.45. The number of amides is 1. The van der Waals surface area contributed by atoms with Crippen molar-refractivity contribution in [3.63, 3.8) is 0 Å². The Balaban J connectivity index is 1.36. The number of nitrogens with zero attached hydrogens (tertiary/aromatic N) is 2. The largest absolute Gasteiger partial charge is 0.508 e. The lowest BCUT2D eigenvalue weighted by Crippen LogP contribution is -2.49. The van der Waals surface area contributed by atoms with Crippen molar-refractivity contribution >= 4 is 5.91 Å². The molecule has 0 unspecified atom stereocenters. The zero-order chi connectivity index (χ0) is 17.6. The molecule has 25 heavy (non-hydrogen) atoms. The summed E-state index contributed by atoms with van der Waals surface area (Å²) in [6.45, 7) is 6.73. The third-order valence-corrected chi connectivity index (χ3v) is 5.44. The summed E-state index contributed by atoms with van der Waals surface area (Å²) in [5.74, 6) is 1.32. The van der Waals surface area contributed by atoms with Crippen molar-refractivity contribution in [2.24, 2.45) is 5.92 Å². The number of ether oxygens (including phenoxy) is 1. The number of hydrogen-bond acceptors (Lipinski definition) is 4. The summed E-state index contributed by atoms with van der Waals surface area (Å²) in [5.41, 5.74) is 1.29. The van der Waals surface area contributed by atoms with Gasteiger partial charge in [-0.2, -0.15) is 0 Å². The number of likely N-dealkylation sites (tertiary alicyclic amines) is 1. The number of aryl methyl sites for hydroxylation is 1. The first-order valence-corrected chi connectivity index (χ1v) is 9.50. The van der Waals surface area contributed by atoms with Crippen LogP contribution in [0.1, 0.15) is 31.7 Å². The topological polar surface area (TPSA) is 53.0 Å². The van der Waals surface area contributed by atoms with Crippen molar-refractivity contribution in [1.82, 2.24) is 9.80 Å². The minimum Gasteiger partial charge on any atom is -0.508 e. The van der Waals surface area contributed by atoms with E-state index in [4.69, 9.17) is 4.74 Å². The van der Waals surface area contributed by atoms with Crippen LogP contribution in [0.2, 0.25) is 0 Å². The van der Waals surface area contributed by atoms with Gasteiger partial charge in [-0.25, -0.2) is 0 Å². The Morgan fingerprint density at radius 2 is 1.92 bits per heavy atom. The van der Waals surface area contributed by atoms with E-state index in [1.54, 1.807) is 12.1 Å². The van der Waals surface area contributed by atoms with Gasteiger partial charge < -0.3 is 14.7 Å². The summed E-state index contributed by atoms with van der Waals surface area (Å²) in [5, 5.41) is 9.34. The van der Waals surface area contributed by atoms with Crippen LogP contribution >= 0.6 is 0 Å². The van der Waals surface area contributed by atoms with Crippen LogP contribution in [0.5, 0.6) is 5.75 Å². The second-order valence-electron chi connectivity index (χ2n) is 7.45. The number of hydrogen-bond donors (Lipinski definition) is 1. The number of carbonyl (C=O) groups is 1. The lowest BCUT2D eigenvalue weighted by molar-refractivity contribution is -0.139. The number of carbonyl (C=O) groups excluding carboxylic acids is 1. The molecule has 1 aromatic rings. The molecule has 2 saturated heterocycles. The third kappa shape index (κ3) is 5.44. The van der Waals surface area contributed by atoms with Gasteiger partial charge in [-0.3, -0.25) is 9.69 Å². The Kier molecular flexibility index (Phi) is 6.32. The van der Waals surface area contributed by atoms with Gasteiger partial charge in [-0.05, 0) is 69.3 Å². The minimum absolute atomic E-state index is 0.156. The average Bonchev–Trinajstić information content (AvgIpc) is 2.62. The van der Waals surface area contributed by atoms with E-state index < -0.39 is 0 Å². The normalized spacial score (nSPS) is 22.9. The number of phenols is 1. The van der Waals surface area contributed by atoms with Gasteiger partial charge in [0.2, 0.25) is 5.91 Å². The summed E-state index contributed by atoms with van der Waals surface area (Å²) < 4.78 is 5.51. The maximum Gasteiger partial charge on any atom is 0.236 e. The van der Waals surface area contributed by atoms with Gasteiger partial charge in [0, 0.05) is 13.1 Å². The second kappa shape index (κ2) is 8.68. The van der Waals surface area contributed by atoms with Crippen LogP contribution in [-0.2, 0) is 16.0 Å². The van der Waals surface area contributed by atoms with Crippen LogP contribution in [0, 0.1) is 5.92 Å². The molecule has 138 valence electrons. The Morgan fingerprint density at radius 3 is 2.60 bits per heavy atom. The molecule has 1 aromatic carbocycles. The van der Waals surface area contributed by atoms with Gasteiger partial charge in [0.1, 0.15) is 5.75 Å². The van der Waals surface area contributed by atoms with E-state index in [0.717, 1.165) is 38.5 Å². The molecule has 2 heterocycles. The molecule has 2 aliphatic rings. The van der Waals surface area contributed by atoms with Gasteiger partial charge in [-0.15, -0.1) is 0 Å². The first-order valence-electron chi connectivity index (χ1n) is 9.50. The zero-order valence-electron chi connectivity index (χ0n) is 15.2. The SMILES string of the molecule is C[C@@H]1CN(C(=O)CN2CCC(CCc3ccc(O)cc3)CC2)CCO1. The van der Waals surface area contributed by atoms with Crippen molar-refractivity contribution in [1.29, 1.82) is 0 Å². The van der Waals surface area contributed by atoms with Crippen LogP contribution < -0.4 is 0 Å².